The Labute approximate surface area is 110 Å². The molecule has 0 unspecified atom stereocenters. The fraction of sp³-hybridized carbons (Fsp3) is 0.273. The molecule has 1 N–H and O–H groups in total. The number of anilines is 1. The van der Waals surface area contributed by atoms with Gasteiger partial charge in [0.15, 0.2) is 5.82 Å². The third-order valence-electron chi connectivity index (χ3n) is 2.19. The molecule has 2 heterocycles. The molecule has 0 aliphatic heterocycles. The van der Waals surface area contributed by atoms with Crippen molar-refractivity contribution in [2.24, 2.45) is 0 Å². The van der Waals surface area contributed by atoms with Gasteiger partial charge in [0.25, 0.3) is 0 Å². The molecule has 0 atom stereocenters. The SMILES string of the molecule is CCNc1nc(-n2ccc(C)n2)c(Cl)cc1Cl. The van der Waals surface area contributed by atoms with Gasteiger partial charge in [0.2, 0.25) is 0 Å². The highest BCUT2D eigenvalue weighted by Crippen LogP contribution is 2.27. The molecular weight excluding hydrogens is 259 g/mol. The maximum atomic E-state index is 6.11. The quantitative estimate of drug-likeness (QED) is 0.931. The standard InChI is InChI=1S/C11H12Cl2N4/c1-3-14-10-8(12)6-9(13)11(15-10)17-5-4-7(2)16-17/h4-6H,3H2,1-2H3,(H,14,15). The third-order valence-corrected chi connectivity index (χ3v) is 2.76. The maximum Gasteiger partial charge on any atom is 0.174 e. The molecule has 0 aliphatic carbocycles. The first-order valence-corrected chi connectivity index (χ1v) is 6.00. The van der Waals surface area contributed by atoms with Crippen molar-refractivity contribution in [3.63, 3.8) is 0 Å². The Bertz CT molecular complexity index is 536. The number of aromatic nitrogens is 3. The number of aryl methyl sites for hydroxylation is 1. The fourth-order valence-electron chi connectivity index (χ4n) is 1.44. The van der Waals surface area contributed by atoms with Gasteiger partial charge in [-0.15, -0.1) is 0 Å². The zero-order chi connectivity index (χ0) is 12.4. The van der Waals surface area contributed by atoms with E-state index in [1.165, 1.54) is 0 Å². The van der Waals surface area contributed by atoms with Gasteiger partial charge in [-0.2, -0.15) is 5.10 Å². The van der Waals surface area contributed by atoms with Crippen LogP contribution in [-0.2, 0) is 0 Å². The van der Waals surface area contributed by atoms with Crippen LogP contribution >= 0.6 is 23.2 Å². The van der Waals surface area contributed by atoms with Gasteiger partial charge in [-0.3, -0.25) is 0 Å². The van der Waals surface area contributed by atoms with Gasteiger partial charge in [-0.05, 0) is 26.0 Å². The third kappa shape index (κ3) is 2.53. The van der Waals surface area contributed by atoms with E-state index < -0.39 is 0 Å². The number of nitrogens with one attached hydrogen (secondary N) is 1. The number of halogens is 2. The summed E-state index contributed by atoms with van der Waals surface area (Å²) in [7, 11) is 0. The summed E-state index contributed by atoms with van der Waals surface area (Å²) >= 11 is 12.1. The van der Waals surface area contributed by atoms with Crippen molar-refractivity contribution in [1.82, 2.24) is 14.8 Å². The highest BCUT2D eigenvalue weighted by molar-refractivity contribution is 6.36. The van der Waals surface area contributed by atoms with Crippen LogP contribution in [0.2, 0.25) is 10.0 Å². The molecule has 0 aliphatic rings. The highest BCUT2D eigenvalue weighted by Gasteiger charge is 2.11. The molecule has 17 heavy (non-hydrogen) atoms. The molecule has 6 heteroatoms. The lowest BCUT2D eigenvalue weighted by molar-refractivity contribution is 0.833. The number of hydrogen-bond acceptors (Lipinski definition) is 3. The second-order valence-electron chi connectivity index (χ2n) is 3.56. The van der Waals surface area contributed by atoms with Crippen molar-refractivity contribution in [3.05, 3.63) is 34.1 Å². The highest BCUT2D eigenvalue weighted by atomic mass is 35.5. The van der Waals surface area contributed by atoms with E-state index in [2.05, 4.69) is 15.4 Å². The topological polar surface area (TPSA) is 42.7 Å². The van der Waals surface area contributed by atoms with Gasteiger partial charge < -0.3 is 5.32 Å². The number of rotatable bonds is 3. The Hall–Kier alpha value is -1.26. The first-order valence-electron chi connectivity index (χ1n) is 5.24. The smallest absolute Gasteiger partial charge is 0.174 e. The van der Waals surface area contributed by atoms with Crippen molar-refractivity contribution in [2.45, 2.75) is 13.8 Å². The monoisotopic (exact) mass is 270 g/mol. The predicted molar refractivity (Wildman–Crippen MR) is 70.3 cm³/mol. The molecule has 90 valence electrons. The molecule has 2 rings (SSSR count). The van der Waals surface area contributed by atoms with Crippen LogP contribution in [0, 0.1) is 6.92 Å². The molecule has 4 nitrogen and oxygen atoms in total. The van der Waals surface area contributed by atoms with Crippen LogP contribution in [0.15, 0.2) is 18.3 Å². The van der Waals surface area contributed by atoms with Gasteiger partial charge in [-0.25, -0.2) is 9.67 Å². The van der Waals surface area contributed by atoms with E-state index in [1.54, 1.807) is 10.7 Å². The Morgan fingerprint density at radius 2 is 2.12 bits per heavy atom. The molecule has 0 saturated heterocycles. The normalized spacial score (nSPS) is 10.6. The van der Waals surface area contributed by atoms with Crippen LogP contribution < -0.4 is 5.32 Å². The van der Waals surface area contributed by atoms with E-state index >= 15 is 0 Å². The molecule has 0 bridgehead atoms. The molecule has 0 amide bonds. The lowest BCUT2D eigenvalue weighted by Crippen LogP contribution is -2.05. The van der Waals surface area contributed by atoms with Crippen LogP contribution in [0.3, 0.4) is 0 Å². The zero-order valence-corrected chi connectivity index (χ0v) is 11.0. The van der Waals surface area contributed by atoms with Gasteiger partial charge in [0.05, 0.1) is 15.7 Å². The molecule has 0 aromatic carbocycles. The summed E-state index contributed by atoms with van der Waals surface area (Å²) in [5, 5.41) is 8.32. The number of hydrogen-bond donors (Lipinski definition) is 1. The molecule has 0 radical (unpaired) electrons. The van der Waals surface area contributed by atoms with Crippen molar-refractivity contribution in [3.8, 4) is 5.82 Å². The second-order valence-corrected chi connectivity index (χ2v) is 4.37. The Kier molecular flexibility index (Phi) is 3.54. The predicted octanol–water partition coefficient (Wildman–Crippen LogP) is 3.31. The van der Waals surface area contributed by atoms with E-state index in [4.69, 9.17) is 23.2 Å². The van der Waals surface area contributed by atoms with E-state index in [-0.39, 0.29) is 0 Å². The summed E-state index contributed by atoms with van der Waals surface area (Å²) in [6, 6.07) is 3.56. The fourth-order valence-corrected chi connectivity index (χ4v) is 1.95. The van der Waals surface area contributed by atoms with Gasteiger partial charge in [0.1, 0.15) is 5.82 Å². The molecule has 0 fully saturated rings. The average Bonchev–Trinajstić information content (AvgIpc) is 2.69. The van der Waals surface area contributed by atoms with Gasteiger partial charge in [0, 0.05) is 12.7 Å². The Balaban J connectivity index is 2.50. The molecule has 0 spiro atoms. The van der Waals surface area contributed by atoms with E-state index in [1.807, 2.05) is 26.1 Å². The van der Waals surface area contributed by atoms with E-state index in [0.717, 1.165) is 12.2 Å². The minimum Gasteiger partial charge on any atom is -0.369 e. The van der Waals surface area contributed by atoms with E-state index in [0.29, 0.717) is 21.7 Å². The molecule has 2 aromatic rings. The lowest BCUT2D eigenvalue weighted by atomic mass is 10.4. The largest absolute Gasteiger partial charge is 0.369 e. The van der Waals surface area contributed by atoms with Crippen molar-refractivity contribution >= 4 is 29.0 Å². The first-order chi connectivity index (χ1) is 8.11. The summed E-state index contributed by atoms with van der Waals surface area (Å²) in [4.78, 5) is 4.37. The van der Waals surface area contributed by atoms with Crippen molar-refractivity contribution in [1.29, 1.82) is 0 Å². The van der Waals surface area contributed by atoms with Crippen molar-refractivity contribution < 1.29 is 0 Å². The summed E-state index contributed by atoms with van der Waals surface area (Å²) in [5.74, 6) is 1.18. The second kappa shape index (κ2) is 4.94. The van der Waals surface area contributed by atoms with Crippen LogP contribution in [-0.4, -0.2) is 21.3 Å². The molecule has 2 aromatic heterocycles. The van der Waals surface area contributed by atoms with Gasteiger partial charge >= 0.3 is 0 Å². The van der Waals surface area contributed by atoms with E-state index in [9.17, 15) is 0 Å². The first kappa shape index (κ1) is 12.2. The summed E-state index contributed by atoms with van der Waals surface area (Å²) < 4.78 is 1.63. The maximum absolute atomic E-state index is 6.11. The van der Waals surface area contributed by atoms with Gasteiger partial charge in [-0.1, -0.05) is 23.2 Å². The van der Waals surface area contributed by atoms with Crippen LogP contribution in [0.4, 0.5) is 5.82 Å². The Morgan fingerprint density at radius 1 is 1.35 bits per heavy atom. The number of nitrogens with zero attached hydrogens (tertiary/aromatic N) is 3. The summed E-state index contributed by atoms with van der Waals surface area (Å²) in [6.45, 7) is 4.63. The lowest BCUT2D eigenvalue weighted by Gasteiger charge is -2.09. The average molecular weight is 271 g/mol. The summed E-state index contributed by atoms with van der Waals surface area (Å²) in [6.07, 6.45) is 1.81. The zero-order valence-electron chi connectivity index (χ0n) is 9.54. The Morgan fingerprint density at radius 3 is 2.71 bits per heavy atom. The van der Waals surface area contributed by atoms with Crippen molar-refractivity contribution in [2.75, 3.05) is 11.9 Å². The van der Waals surface area contributed by atoms with Crippen LogP contribution in [0.5, 0.6) is 0 Å². The minimum atomic E-state index is 0.472. The van der Waals surface area contributed by atoms with Crippen LogP contribution in [0.25, 0.3) is 5.82 Å². The molecule has 0 saturated carbocycles. The summed E-state index contributed by atoms with van der Waals surface area (Å²) in [5.41, 5.74) is 0.905. The number of pyridine rings is 1. The molecular formula is C11H12Cl2N4. The minimum absolute atomic E-state index is 0.472. The van der Waals surface area contributed by atoms with Crippen LogP contribution in [0.1, 0.15) is 12.6 Å².